The highest BCUT2D eigenvalue weighted by atomic mass is 35.5. The van der Waals surface area contributed by atoms with E-state index in [1.54, 1.807) is 0 Å². The van der Waals surface area contributed by atoms with Crippen molar-refractivity contribution in [3.8, 4) is 11.4 Å². The standard InChI is InChI=1S/C18H24ClN5OS/c1-18(2)12-24(9-10-26-18)17(20-3)21-8-7-15-22-16(23-25-15)13-5-4-6-14(19)11-13/h4-6,11H,7-10,12H2,1-3H3,(H,20,21). The van der Waals surface area contributed by atoms with Gasteiger partial charge in [0, 0.05) is 54.2 Å². The third-order valence-corrected chi connectivity index (χ3v) is 5.64. The Hall–Kier alpha value is -1.73. The minimum absolute atomic E-state index is 0.244. The maximum atomic E-state index is 6.01. The lowest BCUT2D eigenvalue weighted by molar-refractivity contribution is 0.367. The number of aromatic nitrogens is 2. The Balaban J connectivity index is 1.54. The van der Waals surface area contributed by atoms with Gasteiger partial charge in [0.05, 0.1) is 0 Å². The van der Waals surface area contributed by atoms with Gasteiger partial charge in [0.25, 0.3) is 0 Å². The molecule has 1 fully saturated rings. The molecule has 0 aliphatic carbocycles. The molecular weight excluding hydrogens is 370 g/mol. The first kappa shape index (κ1) is 19.0. The summed E-state index contributed by atoms with van der Waals surface area (Å²) in [7, 11) is 1.82. The van der Waals surface area contributed by atoms with E-state index in [1.807, 2.05) is 43.1 Å². The number of hydrogen-bond acceptors (Lipinski definition) is 5. The van der Waals surface area contributed by atoms with Gasteiger partial charge < -0.3 is 14.7 Å². The average Bonchev–Trinajstić information content (AvgIpc) is 3.07. The lowest BCUT2D eigenvalue weighted by atomic mass is 10.2. The molecule has 0 saturated carbocycles. The van der Waals surface area contributed by atoms with Crippen LogP contribution in [0.15, 0.2) is 33.8 Å². The summed E-state index contributed by atoms with van der Waals surface area (Å²) in [6, 6.07) is 7.43. The molecule has 1 N–H and O–H groups in total. The SMILES string of the molecule is CN=C(NCCc1nc(-c2cccc(Cl)c2)no1)N1CCSC(C)(C)C1. The highest BCUT2D eigenvalue weighted by molar-refractivity contribution is 8.00. The molecule has 1 saturated heterocycles. The van der Waals surface area contributed by atoms with E-state index in [1.165, 1.54) is 0 Å². The van der Waals surface area contributed by atoms with Crippen LogP contribution in [0.3, 0.4) is 0 Å². The Morgan fingerprint density at radius 2 is 2.31 bits per heavy atom. The van der Waals surface area contributed by atoms with Crippen LogP contribution in [-0.2, 0) is 6.42 Å². The normalized spacial score (nSPS) is 17.4. The van der Waals surface area contributed by atoms with E-state index in [0.29, 0.717) is 29.7 Å². The minimum atomic E-state index is 0.244. The van der Waals surface area contributed by atoms with Crippen molar-refractivity contribution in [2.75, 3.05) is 32.4 Å². The van der Waals surface area contributed by atoms with Crippen molar-refractivity contribution in [1.82, 2.24) is 20.4 Å². The van der Waals surface area contributed by atoms with Crippen LogP contribution in [0.5, 0.6) is 0 Å². The van der Waals surface area contributed by atoms with E-state index >= 15 is 0 Å². The molecule has 1 aliphatic rings. The molecule has 0 bridgehead atoms. The predicted molar refractivity (Wildman–Crippen MR) is 108 cm³/mol. The molecule has 26 heavy (non-hydrogen) atoms. The van der Waals surface area contributed by atoms with Gasteiger partial charge >= 0.3 is 0 Å². The van der Waals surface area contributed by atoms with Gasteiger partial charge in [-0.2, -0.15) is 16.7 Å². The first-order valence-corrected chi connectivity index (χ1v) is 10.0. The van der Waals surface area contributed by atoms with E-state index in [0.717, 1.165) is 30.4 Å². The molecule has 0 unspecified atom stereocenters. The quantitative estimate of drug-likeness (QED) is 0.634. The van der Waals surface area contributed by atoms with Gasteiger partial charge in [-0.25, -0.2) is 0 Å². The predicted octanol–water partition coefficient (Wildman–Crippen LogP) is 3.34. The van der Waals surface area contributed by atoms with Crippen molar-refractivity contribution < 1.29 is 4.52 Å². The van der Waals surface area contributed by atoms with Crippen LogP contribution < -0.4 is 5.32 Å². The van der Waals surface area contributed by atoms with Gasteiger partial charge in [-0.05, 0) is 26.0 Å². The van der Waals surface area contributed by atoms with E-state index in [4.69, 9.17) is 16.1 Å². The Morgan fingerprint density at radius 1 is 1.46 bits per heavy atom. The number of halogens is 1. The maximum Gasteiger partial charge on any atom is 0.228 e. The van der Waals surface area contributed by atoms with Crippen molar-refractivity contribution in [2.24, 2.45) is 4.99 Å². The fraction of sp³-hybridized carbons (Fsp3) is 0.500. The van der Waals surface area contributed by atoms with Gasteiger partial charge in [0.2, 0.25) is 11.7 Å². The van der Waals surface area contributed by atoms with Crippen LogP contribution >= 0.6 is 23.4 Å². The summed E-state index contributed by atoms with van der Waals surface area (Å²) >= 11 is 8.02. The van der Waals surface area contributed by atoms with Crippen LogP contribution in [0.2, 0.25) is 5.02 Å². The zero-order valence-corrected chi connectivity index (χ0v) is 16.9. The molecule has 140 valence electrons. The average molecular weight is 394 g/mol. The summed E-state index contributed by atoms with van der Waals surface area (Å²) < 4.78 is 5.60. The number of benzene rings is 1. The fourth-order valence-corrected chi connectivity index (χ4v) is 4.21. The molecular formula is C18H24ClN5OS. The molecule has 1 aliphatic heterocycles. The zero-order valence-electron chi connectivity index (χ0n) is 15.3. The smallest absolute Gasteiger partial charge is 0.228 e. The van der Waals surface area contributed by atoms with Crippen molar-refractivity contribution >= 4 is 29.3 Å². The van der Waals surface area contributed by atoms with Crippen LogP contribution in [0.1, 0.15) is 19.7 Å². The number of aliphatic imine (C=N–C) groups is 1. The Bertz CT molecular complexity index is 776. The topological polar surface area (TPSA) is 66.5 Å². The van der Waals surface area contributed by atoms with Gasteiger partial charge in [-0.3, -0.25) is 4.99 Å². The molecule has 1 aromatic heterocycles. The Labute approximate surface area is 163 Å². The number of thioether (sulfide) groups is 1. The number of nitrogens with one attached hydrogen (secondary N) is 1. The lowest BCUT2D eigenvalue weighted by Gasteiger charge is -2.39. The molecule has 0 spiro atoms. The van der Waals surface area contributed by atoms with Crippen molar-refractivity contribution in [2.45, 2.75) is 25.0 Å². The van der Waals surface area contributed by atoms with E-state index in [9.17, 15) is 0 Å². The monoisotopic (exact) mass is 393 g/mol. The largest absolute Gasteiger partial charge is 0.356 e. The summed E-state index contributed by atoms with van der Waals surface area (Å²) in [5, 5.41) is 8.09. The van der Waals surface area contributed by atoms with Crippen LogP contribution in [0.4, 0.5) is 0 Å². The fourth-order valence-electron chi connectivity index (χ4n) is 2.91. The van der Waals surface area contributed by atoms with E-state index < -0.39 is 0 Å². The molecule has 0 atom stereocenters. The maximum absolute atomic E-state index is 6.01. The minimum Gasteiger partial charge on any atom is -0.356 e. The number of nitrogens with zero attached hydrogens (tertiary/aromatic N) is 4. The summed E-state index contributed by atoms with van der Waals surface area (Å²) in [5.41, 5.74) is 0.851. The summed E-state index contributed by atoms with van der Waals surface area (Å²) in [6.07, 6.45) is 0.637. The summed E-state index contributed by atoms with van der Waals surface area (Å²) in [5.74, 6) is 3.19. The van der Waals surface area contributed by atoms with Crippen LogP contribution in [0, 0.1) is 0 Å². The lowest BCUT2D eigenvalue weighted by Crippen LogP contribution is -2.51. The first-order chi connectivity index (χ1) is 12.5. The van der Waals surface area contributed by atoms with Crippen molar-refractivity contribution in [3.05, 3.63) is 35.2 Å². The second-order valence-corrected chi connectivity index (χ2v) is 9.01. The van der Waals surface area contributed by atoms with Gasteiger partial charge in [-0.1, -0.05) is 28.9 Å². The Morgan fingerprint density at radius 3 is 3.04 bits per heavy atom. The molecule has 6 nitrogen and oxygen atoms in total. The zero-order chi connectivity index (χ0) is 18.6. The van der Waals surface area contributed by atoms with E-state index in [2.05, 4.69) is 39.2 Å². The number of rotatable bonds is 4. The van der Waals surface area contributed by atoms with Gasteiger partial charge in [0.1, 0.15) is 0 Å². The third kappa shape index (κ3) is 4.92. The molecule has 0 radical (unpaired) electrons. The van der Waals surface area contributed by atoms with Crippen molar-refractivity contribution in [1.29, 1.82) is 0 Å². The molecule has 2 heterocycles. The van der Waals surface area contributed by atoms with Crippen molar-refractivity contribution in [3.63, 3.8) is 0 Å². The molecule has 0 amide bonds. The highest BCUT2D eigenvalue weighted by Gasteiger charge is 2.28. The van der Waals surface area contributed by atoms with Crippen LogP contribution in [-0.4, -0.2) is 58.2 Å². The summed E-state index contributed by atoms with van der Waals surface area (Å²) in [4.78, 5) is 11.2. The molecule has 1 aromatic carbocycles. The molecule has 3 rings (SSSR count). The van der Waals surface area contributed by atoms with E-state index in [-0.39, 0.29) is 4.75 Å². The second-order valence-electron chi connectivity index (χ2n) is 6.78. The Kier molecular flexibility index (Phi) is 6.09. The molecule has 8 heteroatoms. The third-order valence-electron chi connectivity index (χ3n) is 4.11. The second kappa shape index (κ2) is 8.31. The molecule has 2 aromatic rings. The highest BCUT2D eigenvalue weighted by Crippen LogP contribution is 2.29. The number of hydrogen-bond donors (Lipinski definition) is 1. The van der Waals surface area contributed by atoms with Crippen LogP contribution in [0.25, 0.3) is 11.4 Å². The van der Waals surface area contributed by atoms with Gasteiger partial charge in [-0.15, -0.1) is 0 Å². The summed E-state index contributed by atoms with van der Waals surface area (Å²) in [6.45, 7) is 7.22. The van der Waals surface area contributed by atoms with Gasteiger partial charge in [0.15, 0.2) is 5.96 Å². The first-order valence-electron chi connectivity index (χ1n) is 8.65. The number of guanidine groups is 1.